The van der Waals surface area contributed by atoms with Gasteiger partial charge in [-0.1, -0.05) is 0 Å². The molecule has 3 aromatic rings. The summed E-state index contributed by atoms with van der Waals surface area (Å²) in [5.74, 6) is 1.31. The van der Waals surface area contributed by atoms with Crippen LogP contribution in [-0.4, -0.2) is 22.8 Å². The van der Waals surface area contributed by atoms with E-state index < -0.39 is 0 Å². The first-order valence-electron chi connectivity index (χ1n) is 8.79. The van der Waals surface area contributed by atoms with E-state index in [1.165, 1.54) is 11.3 Å². The third-order valence-corrected chi connectivity index (χ3v) is 5.09. The average Bonchev–Trinajstić information content (AvgIpc) is 3.15. The van der Waals surface area contributed by atoms with E-state index in [1.807, 2.05) is 24.4 Å². The predicted molar refractivity (Wildman–Crippen MR) is 104 cm³/mol. The van der Waals surface area contributed by atoms with Gasteiger partial charge in [-0.3, -0.25) is 9.59 Å². The molecule has 1 saturated carbocycles. The number of aromatic nitrogens is 1. The zero-order valence-corrected chi connectivity index (χ0v) is 15.6. The number of anilines is 1. The lowest BCUT2D eigenvalue weighted by molar-refractivity contribution is -0.115. The van der Waals surface area contributed by atoms with Crippen LogP contribution in [0.3, 0.4) is 0 Å². The number of hydrogen-bond donors (Lipinski definition) is 2. The molecule has 0 saturated heterocycles. The Morgan fingerprint density at radius 2 is 1.96 bits per heavy atom. The van der Waals surface area contributed by atoms with Crippen LogP contribution < -0.4 is 10.6 Å². The van der Waals surface area contributed by atoms with Crippen LogP contribution in [-0.2, 0) is 11.2 Å². The summed E-state index contributed by atoms with van der Waals surface area (Å²) in [6, 6.07) is 11.0. The van der Waals surface area contributed by atoms with Crippen LogP contribution in [0, 0.1) is 6.92 Å². The summed E-state index contributed by atoms with van der Waals surface area (Å²) in [5.41, 5.74) is 1.94. The first-order valence-corrected chi connectivity index (χ1v) is 9.67. The monoisotopic (exact) mass is 381 g/mol. The molecule has 0 radical (unpaired) electrons. The molecule has 4 rings (SSSR count). The van der Waals surface area contributed by atoms with E-state index in [2.05, 4.69) is 15.6 Å². The van der Waals surface area contributed by atoms with E-state index in [1.54, 1.807) is 24.3 Å². The van der Waals surface area contributed by atoms with Gasteiger partial charge in [0.25, 0.3) is 5.91 Å². The number of nitrogens with one attached hydrogen (secondary N) is 2. The molecule has 1 aromatic carbocycles. The summed E-state index contributed by atoms with van der Waals surface area (Å²) in [6.45, 7) is 1.88. The normalized spacial score (nSPS) is 13.4. The second kappa shape index (κ2) is 7.36. The molecule has 2 N–H and O–H groups in total. The van der Waals surface area contributed by atoms with Crippen molar-refractivity contribution in [1.29, 1.82) is 0 Å². The highest BCUT2D eigenvalue weighted by Gasteiger charge is 2.23. The van der Waals surface area contributed by atoms with E-state index in [0.29, 0.717) is 28.7 Å². The molecule has 0 unspecified atom stereocenters. The molecule has 1 aliphatic rings. The lowest BCUT2D eigenvalue weighted by Crippen LogP contribution is -2.25. The van der Waals surface area contributed by atoms with Crippen LogP contribution in [0.15, 0.2) is 46.2 Å². The summed E-state index contributed by atoms with van der Waals surface area (Å²) < 4.78 is 5.56. The minimum absolute atomic E-state index is 0.0708. The molecule has 0 aliphatic heterocycles. The Kier molecular flexibility index (Phi) is 4.77. The highest BCUT2D eigenvalue weighted by Crippen LogP contribution is 2.26. The summed E-state index contributed by atoms with van der Waals surface area (Å²) in [6.07, 6.45) is 2.29. The van der Waals surface area contributed by atoms with E-state index in [4.69, 9.17) is 4.42 Å². The van der Waals surface area contributed by atoms with Crippen LogP contribution in [0.25, 0.3) is 10.8 Å². The van der Waals surface area contributed by atoms with Crippen molar-refractivity contribution in [3.63, 3.8) is 0 Å². The Hall–Kier alpha value is -2.93. The fourth-order valence-electron chi connectivity index (χ4n) is 2.62. The molecule has 1 aliphatic carbocycles. The maximum atomic E-state index is 12.3. The SMILES string of the molecule is Cc1ccc(-c2nc(CC(=O)Nc3ccc(C(=O)NC4CC4)cc3)cs2)o1. The molecule has 0 bridgehead atoms. The Morgan fingerprint density at radius 3 is 2.63 bits per heavy atom. The first kappa shape index (κ1) is 17.5. The first-order chi connectivity index (χ1) is 13.1. The number of nitrogens with zero attached hydrogens (tertiary/aromatic N) is 1. The van der Waals surface area contributed by atoms with Crippen molar-refractivity contribution in [3.8, 4) is 10.8 Å². The number of rotatable bonds is 6. The van der Waals surface area contributed by atoms with Gasteiger partial charge in [-0.15, -0.1) is 11.3 Å². The van der Waals surface area contributed by atoms with Crippen LogP contribution in [0.5, 0.6) is 0 Å². The van der Waals surface area contributed by atoms with Gasteiger partial charge in [-0.2, -0.15) is 0 Å². The van der Waals surface area contributed by atoms with E-state index in [-0.39, 0.29) is 18.2 Å². The summed E-state index contributed by atoms with van der Waals surface area (Å²) in [7, 11) is 0. The highest BCUT2D eigenvalue weighted by atomic mass is 32.1. The summed E-state index contributed by atoms with van der Waals surface area (Å²) in [5, 5.41) is 8.39. The average molecular weight is 381 g/mol. The topological polar surface area (TPSA) is 84.2 Å². The lowest BCUT2D eigenvalue weighted by Gasteiger charge is -2.06. The zero-order chi connectivity index (χ0) is 18.8. The van der Waals surface area contributed by atoms with Gasteiger partial charge in [-0.05, 0) is 56.2 Å². The van der Waals surface area contributed by atoms with Gasteiger partial charge in [0, 0.05) is 22.7 Å². The maximum Gasteiger partial charge on any atom is 0.251 e. The van der Waals surface area contributed by atoms with Crippen molar-refractivity contribution in [1.82, 2.24) is 10.3 Å². The predicted octanol–water partition coefficient (Wildman–Crippen LogP) is 3.78. The van der Waals surface area contributed by atoms with E-state index >= 15 is 0 Å². The minimum Gasteiger partial charge on any atom is -0.459 e. The van der Waals surface area contributed by atoms with Crippen LogP contribution in [0.2, 0.25) is 0 Å². The van der Waals surface area contributed by atoms with Crippen molar-refractivity contribution < 1.29 is 14.0 Å². The quantitative estimate of drug-likeness (QED) is 0.680. The van der Waals surface area contributed by atoms with Crippen molar-refractivity contribution in [2.75, 3.05) is 5.32 Å². The minimum atomic E-state index is -0.155. The van der Waals surface area contributed by atoms with Gasteiger partial charge in [0.05, 0.1) is 12.1 Å². The molecular weight excluding hydrogens is 362 g/mol. The van der Waals surface area contributed by atoms with Gasteiger partial charge in [0.1, 0.15) is 5.76 Å². The summed E-state index contributed by atoms with van der Waals surface area (Å²) in [4.78, 5) is 28.7. The molecule has 0 atom stereocenters. The van der Waals surface area contributed by atoms with Crippen LogP contribution in [0.1, 0.15) is 34.7 Å². The Balaban J connectivity index is 1.33. The molecule has 6 nitrogen and oxygen atoms in total. The lowest BCUT2D eigenvalue weighted by atomic mass is 10.2. The number of carbonyl (C=O) groups excluding carboxylic acids is 2. The standard InChI is InChI=1S/C20H19N3O3S/c1-12-2-9-17(26-12)20-23-16(11-27-20)10-18(24)21-14-5-3-13(4-6-14)19(25)22-15-7-8-15/h2-6,9,11,15H,7-8,10H2,1H3,(H,21,24)(H,22,25). The van der Waals surface area contributed by atoms with Gasteiger partial charge in [0.15, 0.2) is 10.8 Å². The molecule has 27 heavy (non-hydrogen) atoms. The second-order valence-corrected chi connectivity index (χ2v) is 7.46. The molecule has 2 heterocycles. The number of thiazole rings is 1. The van der Waals surface area contributed by atoms with E-state index in [9.17, 15) is 9.59 Å². The smallest absolute Gasteiger partial charge is 0.251 e. The van der Waals surface area contributed by atoms with Gasteiger partial charge in [-0.25, -0.2) is 4.98 Å². The van der Waals surface area contributed by atoms with Gasteiger partial charge in [0.2, 0.25) is 5.91 Å². The fraction of sp³-hybridized carbons (Fsp3) is 0.250. The molecule has 2 aromatic heterocycles. The van der Waals surface area contributed by atoms with Crippen molar-refractivity contribution in [3.05, 3.63) is 58.8 Å². The number of furan rings is 1. The molecule has 1 fully saturated rings. The molecule has 138 valence electrons. The number of benzene rings is 1. The zero-order valence-electron chi connectivity index (χ0n) is 14.8. The second-order valence-electron chi connectivity index (χ2n) is 6.60. The molecule has 2 amide bonds. The number of aryl methyl sites for hydroxylation is 1. The number of hydrogen-bond acceptors (Lipinski definition) is 5. The molecule has 0 spiro atoms. The van der Waals surface area contributed by atoms with Gasteiger partial charge >= 0.3 is 0 Å². The molecular formula is C20H19N3O3S. The van der Waals surface area contributed by atoms with Crippen LogP contribution >= 0.6 is 11.3 Å². The third-order valence-electron chi connectivity index (χ3n) is 4.19. The maximum absolute atomic E-state index is 12.3. The van der Waals surface area contributed by atoms with Crippen LogP contribution in [0.4, 0.5) is 5.69 Å². The van der Waals surface area contributed by atoms with E-state index in [0.717, 1.165) is 23.6 Å². The Morgan fingerprint density at radius 1 is 1.19 bits per heavy atom. The van der Waals surface area contributed by atoms with Crippen molar-refractivity contribution in [2.24, 2.45) is 0 Å². The third kappa shape index (κ3) is 4.43. The van der Waals surface area contributed by atoms with Crippen molar-refractivity contribution in [2.45, 2.75) is 32.2 Å². The Labute approximate surface area is 160 Å². The Bertz CT molecular complexity index is 971. The largest absolute Gasteiger partial charge is 0.459 e. The van der Waals surface area contributed by atoms with Crippen molar-refractivity contribution >= 4 is 28.8 Å². The van der Waals surface area contributed by atoms with Gasteiger partial charge < -0.3 is 15.1 Å². The molecule has 7 heteroatoms. The fourth-order valence-corrected chi connectivity index (χ4v) is 3.40. The highest BCUT2D eigenvalue weighted by molar-refractivity contribution is 7.13. The summed E-state index contributed by atoms with van der Waals surface area (Å²) >= 11 is 1.45. The number of carbonyl (C=O) groups is 2. The number of amides is 2.